The number of nitro groups is 1. The van der Waals surface area contributed by atoms with Gasteiger partial charge in [0, 0.05) is 23.9 Å². The van der Waals surface area contributed by atoms with Crippen LogP contribution in [0.3, 0.4) is 0 Å². The van der Waals surface area contributed by atoms with E-state index in [9.17, 15) is 10.1 Å². The fraction of sp³-hybridized carbons (Fsp3) is 0.143. The molecule has 1 unspecified atom stereocenters. The van der Waals surface area contributed by atoms with Gasteiger partial charge < -0.3 is 10.5 Å². The minimum absolute atomic E-state index is 0.0135. The van der Waals surface area contributed by atoms with Crippen molar-refractivity contribution in [3.05, 3.63) is 57.8 Å². The molecule has 0 saturated heterocycles. The van der Waals surface area contributed by atoms with Crippen LogP contribution in [0.4, 0.5) is 5.69 Å². The zero-order chi connectivity index (χ0) is 15.4. The Morgan fingerprint density at radius 3 is 2.86 bits per heavy atom. The number of benzene rings is 1. The molecule has 2 aromatic rings. The standard InChI is InChI=1S/C14H12N4O3/c1-9(16)11-3-2-6-17-14(11)21-13-5-4-10(8-15)7-12(13)18(19)20/h2-7,9H,16H2,1H3. The van der Waals surface area contributed by atoms with Crippen LogP contribution in [0.25, 0.3) is 0 Å². The van der Waals surface area contributed by atoms with E-state index in [1.807, 2.05) is 6.07 Å². The largest absolute Gasteiger partial charge is 0.431 e. The molecule has 0 fully saturated rings. The third-order valence-electron chi connectivity index (χ3n) is 2.78. The Morgan fingerprint density at radius 2 is 2.24 bits per heavy atom. The maximum atomic E-state index is 11.1. The van der Waals surface area contributed by atoms with Gasteiger partial charge in [0.15, 0.2) is 0 Å². The highest BCUT2D eigenvalue weighted by molar-refractivity contribution is 5.53. The molecule has 0 amide bonds. The summed E-state index contributed by atoms with van der Waals surface area (Å²) in [5.41, 5.74) is 6.34. The normalized spacial score (nSPS) is 11.5. The van der Waals surface area contributed by atoms with E-state index in [1.54, 1.807) is 19.1 Å². The van der Waals surface area contributed by atoms with Gasteiger partial charge in [-0.15, -0.1) is 0 Å². The highest BCUT2D eigenvalue weighted by Crippen LogP contribution is 2.33. The lowest BCUT2D eigenvalue weighted by atomic mass is 10.1. The molecule has 0 spiro atoms. The van der Waals surface area contributed by atoms with Gasteiger partial charge in [0.1, 0.15) is 0 Å². The van der Waals surface area contributed by atoms with E-state index in [1.165, 1.54) is 18.3 Å². The number of nitrogens with two attached hydrogens (primary N) is 1. The second kappa shape index (κ2) is 5.98. The van der Waals surface area contributed by atoms with Gasteiger partial charge in [-0.3, -0.25) is 10.1 Å². The average molecular weight is 284 g/mol. The zero-order valence-electron chi connectivity index (χ0n) is 11.2. The lowest BCUT2D eigenvalue weighted by molar-refractivity contribution is -0.385. The van der Waals surface area contributed by atoms with E-state index >= 15 is 0 Å². The van der Waals surface area contributed by atoms with Crippen molar-refractivity contribution in [2.75, 3.05) is 0 Å². The SMILES string of the molecule is CC(N)c1cccnc1Oc1ccc(C#N)cc1[N+](=O)[O-]. The van der Waals surface area contributed by atoms with Gasteiger partial charge in [-0.2, -0.15) is 5.26 Å². The number of hydrogen-bond donors (Lipinski definition) is 1. The van der Waals surface area contributed by atoms with Crippen LogP contribution in [-0.4, -0.2) is 9.91 Å². The maximum Gasteiger partial charge on any atom is 0.312 e. The summed E-state index contributed by atoms with van der Waals surface area (Å²) in [4.78, 5) is 14.5. The first-order valence-corrected chi connectivity index (χ1v) is 6.10. The number of nitriles is 1. The smallest absolute Gasteiger partial charge is 0.312 e. The Bertz CT molecular complexity index is 722. The summed E-state index contributed by atoms with van der Waals surface area (Å²) in [6, 6.07) is 8.93. The van der Waals surface area contributed by atoms with E-state index < -0.39 is 4.92 Å². The van der Waals surface area contributed by atoms with Gasteiger partial charge in [-0.1, -0.05) is 6.07 Å². The summed E-state index contributed by atoms with van der Waals surface area (Å²) in [6.07, 6.45) is 1.51. The van der Waals surface area contributed by atoms with Gasteiger partial charge in [0.25, 0.3) is 0 Å². The Labute approximate surface area is 120 Å². The van der Waals surface area contributed by atoms with Crippen molar-refractivity contribution >= 4 is 5.69 Å². The lowest BCUT2D eigenvalue weighted by Gasteiger charge is -2.12. The molecule has 1 atom stereocenters. The fourth-order valence-electron chi connectivity index (χ4n) is 1.76. The molecular weight excluding hydrogens is 272 g/mol. The predicted octanol–water partition coefficient (Wildman–Crippen LogP) is 2.67. The molecule has 0 radical (unpaired) electrons. The van der Waals surface area contributed by atoms with Crippen LogP contribution >= 0.6 is 0 Å². The van der Waals surface area contributed by atoms with Crippen molar-refractivity contribution in [3.63, 3.8) is 0 Å². The zero-order valence-corrected chi connectivity index (χ0v) is 11.2. The average Bonchev–Trinajstić information content (AvgIpc) is 2.47. The number of pyridine rings is 1. The van der Waals surface area contributed by atoms with Gasteiger partial charge in [-0.05, 0) is 25.1 Å². The fourth-order valence-corrected chi connectivity index (χ4v) is 1.76. The molecule has 0 aliphatic carbocycles. The molecule has 0 aliphatic rings. The first-order valence-electron chi connectivity index (χ1n) is 6.10. The highest BCUT2D eigenvalue weighted by atomic mass is 16.6. The van der Waals surface area contributed by atoms with Crippen LogP contribution in [-0.2, 0) is 0 Å². The minimum Gasteiger partial charge on any atom is -0.431 e. The molecule has 1 aromatic heterocycles. The number of ether oxygens (including phenoxy) is 1. The van der Waals surface area contributed by atoms with Crippen molar-refractivity contribution < 1.29 is 9.66 Å². The predicted molar refractivity (Wildman–Crippen MR) is 74.7 cm³/mol. The van der Waals surface area contributed by atoms with Crippen LogP contribution in [0, 0.1) is 21.4 Å². The molecule has 0 aliphatic heterocycles. The molecule has 7 nitrogen and oxygen atoms in total. The Kier molecular flexibility index (Phi) is 4.11. The van der Waals surface area contributed by atoms with Gasteiger partial charge >= 0.3 is 5.69 Å². The summed E-state index contributed by atoms with van der Waals surface area (Å²) in [5, 5.41) is 19.9. The molecular formula is C14H12N4O3. The van der Waals surface area contributed by atoms with E-state index in [0.29, 0.717) is 5.56 Å². The summed E-state index contributed by atoms with van der Waals surface area (Å²) >= 11 is 0. The van der Waals surface area contributed by atoms with Crippen LogP contribution < -0.4 is 10.5 Å². The molecule has 1 aromatic carbocycles. The molecule has 2 rings (SSSR count). The topological polar surface area (TPSA) is 115 Å². The Hall–Kier alpha value is -2.98. The van der Waals surface area contributed by atoms with Crippen LogP contribution in [0.2, 0.25) is 0 Å². The number of aromatic nitrogens is 1. The number of rotatable bonds is 4. The molecule has 106 valence electrons. The monoisotopic (exact) mass is 284 g/mol. The second-order valence-electron chi connectivity index (χ2n) is 4.34. The van der Waals surface area contributed by atoms with E-state index in [-0.39, 0.29) is 28.9 Å². The maximum absolute atomic E-state index is 11.1. The first kappa shape index (κ1) is 14.4. The van der Waals surface area contributed by atoms with E-state index in [0.717, 1.165) is 6.07 Å². The quantitative estimate of drug-likeness (QED) is 0.681. The van der Waals surface area contributed by atoms with E-state index in [4.69, 9.17) is 15.7 Å². The van der Waals surface area contributed by atoms with Gasteiger partial charge in [0.05, 0.1) is 16.6 Å². The van der Waals surface area contributed by atoms with Gasteiger partial charge in [-0.25, -0.2) is 4.98 Å². The summed E-state index contributed by atoms with van der Waals surface area (Å²) in [7, 11) is 0. The van der Waals surface area contributed by atoms with Crippen LogP contribution in [0.5, 0.6) is 11.6 Å². The van der Waals surface area contributed by atoms with Crippen molar-refractivity contribution in [3.8, 4) is 17.7 Å². The molecule has 2 N–H and O–H groups in total. The van der Waals surface area contributed by atoms with Crippen molar-refractivity contribution in [1.82, 2.24) is 4.98 Å². The van der Waals surface area contributed by atoms with E-state index in [2.05, 4.69) is 4.98 Å². The number of nitro benzene ring substituents is 1. The highest BCUT2D eigenvalue weighted by Gasteiger charge is 2.19. The van der Waals surface area contributed by atoms with Crippen molar-refractivity contribution in [1.29, 1.82) is 5.26 Å². The van der Waals surface area contributed by atoms with Crippen molar-refractivity contribution in [2.24, 2.45) is 5.73 Å². The molecule has 21 heavy (non-hydrogen) atoms. The number of nitrogens with zero attached hydrogens (tertiary/aromatic N) is 3. The minimum atomic E-state index is -0.606. The summed E-state index contributed by atoms with van der Waals surface area (Å²) in [6.45, 7) is 1.76. The van der Waals surface area contributed by atoms with Gasteiger partial charge in [0.2, 0.25) is 11.6 Å². The molecule has 7 heteroatoms. The third-order valence-corrected chi connectivity index (χ3v) is 2.78. The molecule has 0 bridgehead atoms. The molecule has 0 saturated carbocycles. The third kappa shape index (κ3) is 3.13. The number of hydrogen-bond acceptors (Lipinski definition) is 6. The van der Waals surface area contributed by atoms with Crippen LogP contribution in [0.15, 0.2) is 36.5 Å². The first-order chi connectivity index (χ1) is 10.0. The second-order valence-corrected chi connectivity index (χ2v) is 4.34. The molecule has 1 heterocycles. The Balaban J connectivity index is 2.45. The Morgan fingerprint density at radius 1 is 1.48 bits per heavy atom. The van der Waals surface area contributed by atoms with Crippen LogP contribution in [0.1, 0.15) is 24.1 Å². The summed E-state index contributed by atoms with van der Waals surface area (Å²) in [5.74, 6) is 0.222. The van der Waals surface area contributed by atoms with Crippen molar-refractivity contribution in [2.45, 2.75) is 13.0 Å². The lowest BCUT2D eigenvalue weighted by Crippen LogP contribution is -2.07. The summed E-state index contributed by atoms with van der Waals surface area (Å²) < 4.78 is 5.52.